The molecule has 0 radical (unpaired) electrons. The standard InChI is InChI=1S/C20H23ClN2O5S/c1-3-15-6-4-5-14(2)20(15)23-18(24)13-28-19(25)11-12-22-29(26,27)17-9-7-16(21)8-10-17/h4-10,22H,3,11-13H2,1-2H3,(H,23,24). The van der Waals surface area contributed by atoms with Crippen LogP contribution >= 0.6 is 11.6 Å². The summed E-state index contributed by atoms with van der Waals surface area (Å²) in [6.45, 7) is 3.27. The number of ether oxygens (including phenoxy) is 1. The molecule has 9 heteroatoms. The number of hydrogen-bond acceptors (Lipinski definition) is 5. The number of para-hydroxylation sites is 1. The molecule has 2 aromatic rings. The van der Waals surface area contributed by atoms with Gasteiger partial charge in [-0.15, -0.1) is 0 Å². The summed E-state index contributed by atoms with van der Waals surface area (Å²) in [6, 6.07) is 11.4. The summed E-state index contributed by atoms with van der Waals surface area (Å²) in [6.07, 6.45) is 0.551. The highest BCUT2D eigenvalue weighted by molar-refractivity contribution is 7.89. The van der Waals surface area contributed by atoms with Crippen molar-refractivity contribution in [1.29, 1.82) is 0 Å². The first-order valence-corrected chi connectivity index (χ1v) is 10.9. The van der Waals surface area contributed by atoms with Gasteiger partial charge in [0.05, 0.1) is 11.3 Å². The number of nitrogens with one attached hydrogen (secondary N) is 2. The fraction of sp³-hybridized carbons (Fsp3) is 0.300. The van der Waals surface area contributed by atoms with E-state index in [9.17, 15) is 18.0 Å². The number of hydrogen-bond donors (Lipinski definition) is 2. The third-order valence-corrected chi connectivity index (χ3v) is 5.84. The summed E-state index contributed by atoms with van der Waals surface area (Å²) in [7, 11) is -3.75. The number of carbonyl (C=O) groups excluding carboxylic acids is 2. The number of anilines is 1. The Labute approximate surface area is 175 Å². The van der Waals surface area contributed by atoms with Crippen LogP contribution in [-0.4, -0.2) is 33.4 Å². The van der Waals surface area contributed by atoms with Gasteiger partial charge in [0.1, 0.15) is 0 Å². The monoisotopic (exact) mass is 438 g/mol. The van der Waals surface area contributed by atoms with Crippen molar-refractivity contribution in [3.05, 3.63) is 58.6 Å². The van der Waals surface area contributed by atoms with Crippen molar-refractivity contribution in [3.63, 3.8) is 0 Å². The maximum absolute atomic E-state index is 12.1. The van der Waals surface area contributed by atoms with Crippen LogP contribution in [0.2, 0.25) is 5.02 Å². The number of aryl methyl sites for hydroxylation is 2. The highest BCUT2D eigenvalue weighted by Crippen LogP contribution is 2.21. The Morgan fingerprint density at radius 2 is 1.79 bits per heavy atom. The smallest absolute Gasteiger partial charge is 0.307 e. The minimum Gasteiger partial charge on any atom is -0.456 e. The molecule has 0 fully saturated rings. The molecule has 0 bridgehead atoms. The molecule has 156 valence electrons. The molecule has 7 nitrogen and oxygen atoms in total. The highest BCUT2D eigenvalue weighted by atomic mass is 35.5. The number of sulfonamides is 1. The van der Waals surface area contributed by atoms with Crippen LogP contribution in [0.1, 0.15) is 24.5 Å². The number of halogens is 1. The van der Waals surface area contributed by atoms with Gasteiger partial charge in [-0.1, -0.05) is 36.7 Å². The number of esters is 1. The third-order valence-electron chi connectivity index (χ3n) is 4.11. The Morgan fingerprint density at radius 3 is 2.45 bits per heavy atom. The molecule has 29 heavy (non-hydrogen) atoms. The van der Waals surface area contributed by atoms with E-state index in [1.807, 2.05) is 32.0 Å². The maximum atomic E-state index is 12.1. The normalized spacial score (nSPS) is 11.1. The van der Waals surface area contributed by atoms with Crippen LogP contribution in [0.3, 0.4) is 0 Å². The lowest BCUT2D eigenvalue weighted by molar-refractivity contribution is -0.147. The molecule has 0 heterocycles. The minimum absolute atomic E-state index is 0.0413. The topological polar surface area (TPSA) is 102 Å². The summed E-state index contributed by atoms with van der Waals surface area (Å²) >= 11 is 5.74. The summed E-state index contributed by atoms with van der Waals surface area (Å²) in [5, 5.41) is 3.17. The lowest BCUT2D eigenvalue weighted by Gasteiger charge is -2.13. The van der Waals surface area contributed by atoms with E-state index in [2.05, 4.69) is 10.0 Å². The molecule has 0 spiro atoms. The van der Waals surface area contributed by atoms with E-state index in [4.69, 9.17) is 16.3 Å². The van der Waals surface area contributed by atoms with E-state index in [-0.39, 0.29) is 17.9 Å². The largest absolute Gasteiger partial charge is 0.456 e. The quantitative estimate of drug-likeness (QED) is 0.586. The predicted octanol–water partition coefficient (Wildman–Crippen LogP) is 3.06. The Kier molecular flexibility index (Phi) is 8.19. The molecule has 2 rings (SSSR count). The van der Waals surface area contributed by atoms with Gasteiger partial charge in [-0.2, -0.15) is 0 Å². The first-order valence-electron chi connectivity index (χ1n) is 9.02. The van der Waals surface area contributed by atoms with E-state index in [0.29, 0.717) is 10.7 Å². The van der Waals surface area contributed by atoms with Crippen molar-refractivity contribution in [2.24, 2.45) is 0 Å². The van der Waals surface area contributed by atoms with Gasteiger partial charge in [0.15, 0.2) is 6.61 Å². The summed E-state index contributed by atoms with van der Waals surface area (Å²) in [5.41, 5.74) is 2.62. The lowest BCUT2D eigenvalue weighted by atomic mass is 10.1. The van der Waals surface area contributed by atoms with Crippen LogP contribution < -0.4 is 10.0 Å². The first-order chi connectivity index (χ1) is 13.7. The van der Waals surface area contributed by atoms with Crippen LogP contribution in [0.15, 0.2) is 47.4 Å². The summed E-state index contributed by atoms with van der Waals surface area (Å²) in [5.74, 6) is -1.14. The van der Waals surface area contributed by atoms with Crippen molar-refractivity contribution < 1.29 is 22.7 Å². The van der Waals surface area contributed by atoms with Crippen LogP contribution in [0.4, 0.5) is 5.69 Å². The van der Waals surface area contributed by atoms with Gasteiger partial charge in [-0.05, 0) is 48.7 Å². The van der Waals surface area contributed by atoms with E-state index in [1.54, 1.807) is 0 Å². The molecule has 1 amide bonds. The van der Waals surface area contributed by atoms with Gasteiger partial charge < -0.3 is 10.1 Å². The maximum Gasteiger partial charge on any atom is 0.307 e. The summed E-state index contributed by atoms with van der Waals surface area (Å²) < 4.78 is 31.5. The Hall–Kier alpha value is -2.42. The first kappa shape index (κ1) is 22.9. The Morgan fingerprint density at radius 1 is 1.10 bits per heavy atom. The number of amides is 1. The van der Waals surface area contributed by atoms with E-state index in [1.165, 1.54) is 24.3 Å². The second-order valence-electron chi connectivity index (χ2n) is 6.27. The zero-order valence-corrected chi connectivity index (χ0v) is 17.8. The average molecular weight is 439 g/mol. The number of rotatable bonds is 9. The van der Waals surface area contributed by atoms with Gasteiger partial charge in [-0.25, -0.2) is 13.1 Å². The molecule has 0 aliphatic rings. The van der Waals surface area contributed by atoms with Gasteiger partial charge in [-0.3, -0.25) is 9.59 Å². The fourth-order valence-corrected chi connectivity index (χ4v) is 3.74. The van der Waals surface area contributed by atoms with Gasteiger partial charge >= 0.3 is 5.97 Å². The third kappa shape index (κ3) is 6.85. The van der Waals surface area contributed by atoms with Crippen molar-refractivity contribution in [1.82, 2.24) is 4.72 Å². The molecule has 0 saturated carbocycles. The molecule has 0 aliphatic heterocycles. The second kappa shape index (κ2) is 10.4. The average Bonchev–Trinajstić information content (AvgIpc) is 2.68. The van der Waals surface area contributed by atoms with Crippen molar-refractivity contribution in [2.75, 3.05) is 18.5 Å². The van der Waals surface area contributed by atoms with Crippen LogP contribution in [-0.2, 0) is 30.8 Å². The van der Waals surface area contributed by atoms with E-state index in [0.717, 1.165) is 17.5 Å². The molecule has 0 unspecified atom stereocenters. The minimum atomic E-state index is -3.75. The SMILES string of the molecule is CCc1cccc(C)c1NC(=O)COC(=O)CCNS(=O)(=O)c1ccc(Cl)cc1. The lowest BCUT2D eigenvalue weighted by Crippen LogP contribution is -2.28. The molecule has 2 N–H and O–H groups in total. The van der Waals surface area contributed by atoms with E-state index < -0.39 is 28.5 Å². The predicted molar refractivity (Wildman–Crippen MR) is 111 cm³/mol. The molecule has 0 aliphatic carbocycles. The highest BCUT2D eigenvalue weighted by Gasteiger charge is 2.15. The second-order valence-corrected chi connectivity index (χ2v) is 8.48. The molecule has 0 aromatic heterocycles. The summed E-state index contributed by atoms with van der Waals surface area (Å²) in [4.78, 5) is 23.9. The number of benzene rings is 2. The van der Waals surface area contributed by atoms with Gasteiger partial charge in [0.25, 0.3) is 5.91 Å². The van der Waals surface area contributed by atoms with Crippen LogP contribution in [0, 0.1) is 6.92 Å². The Bertz CT molecular complexity index is 975. The Balaban J connectivity index is 1.78. The van der Waals surface area contributed by atoms with Crippen molar-refractivity contribution in [2.45, 2.75) is 31.6 Å². The zero-order chi connectivity index (χ0) is 21.4. The zero-order valence-electron chi connectivity index (χ0n) is 16.2. The molecule has 0 saturated heterocycles. The fourth-order valence-electron chi connectivity index (χ4n) is 2.58. The van der Waals surface area contributed by atoms with E-state index >= 15 is 0 Å². The molecular weight excluding hydrogens is 416 g/mol. The van der Waals surface area contributed by atoms with Crippen LogP contribution in [0.25, 0.3) is 0 Å². The van der Waals surface area contributed by atoms with Crippen molar-refractivity contribution >= 4 is 39.2 Å². The molecule has 2 aromatic carbocycles. The van der Waals surface area contributed by atoms with Crippen molar-refractivity contribution in [3.8, 4) is 0 Å². The van der Waals surface area contributed by atoms with Crippen LogP contribution in [0.5, 0.6) is 0 Å². The molecule has 0 atom stereocenters. The van der Waals surface area contributed by atoms with Gasteiger partial charge in [0.2, 0.25) is 10.0 Å². The van der Waals surface area contributed by atoms with Gasteiger partial charge in [0, 0.05) is 17.3 Å². The molecular formula is C20H23ClN2O5S. The number of carbonyl (C=O) groups is 2.